The van der Waals surface area contributed by atoms with Crippen LogP contribution in [0.1, 0.15) is 6.42 Å². The average molecular weight is 300 g/mol. The molecule has 1 unspecified atom stereocenters. The predicted molar refractivity (Wildman–Crippen MR) is 72.2 cm³/mol. The van der Waals surface area contributed by atoms with Crippen LogP contribution in [0.15, 0.2) is 12.3 Å². The summed E-state index contributed by atoms with van der Waals surface area (Å²) in [5.74, 6) is 0.342. The maximum atomic E-state index is 11.2. The number of morpholine rings is 1. The molecule has 1 aromatic rings. The molecule has 0 saturated carbocycles. The quantitative estimate of drug-likeness (QED) is 0.610. The molecule has 0 N–H and O–H groups in total. The van der Waals surface area contributed by atoms with Gasteiger partial charge in [-0.3, -0.25) is 10.1 Å². The number of halogens is 1. The second-order valence-electron chi connectivity index (χ2n) is 5.01. The van der Waals surface area contributed by atoms with Crippen molar-refractivity contribution in [3.63, 3.8) is 0 Å². The smallest absolute Gasteiger partial charge is 0.313 e. The molecule has 0 aromatic carbocycles. The van der Waals surface area contributed by atoms with Gasteiger partial charge in [0.25, 0.3) is 0 Å². The van der Waals surface area contributed by atoms with Crippen LogP contribution in [0.4, 0.5) is 11.5 Å². The van der Waals surface area contributed by atoms with Crippen LogP contribution in [0.5, 0.6) is 0 Å². The van der Waals surface area contributed by atoms with Crippen molar-refractivity contribution in [1.29, 1.82) is 0 Å². The minimum Gasteiger partial charge on any atom is -0.378 e. The minimum atomic E-state index is -0.457. The van der Waals surface area contributed by atoms with Crippen molar-refractivity contribution >= 4 is 23.1 Å². The molecule has 8 heteroatoms. The Hall–Kier alpha value is -1.44. The summed E-state index contributed by atoms with van der Waals surface area (Å²) in [6.07, 6.45) is 2.22. The molecule has 2 saturated heterocycles. The van der Waals surface area contributed by atoms with Gasteiger partial charge in [-0.15, -0.1) is 0 Å². The van der Waals surface area contributed by atoms with Gasteiger partial charge in [-0.05, 0) is 0 Å². The van der Waals surface area contributed by atoms with Gasteiger partial charge in [0, 0.05) is 31.8 Å². The van der Waals surface area contributed by atoms with Crippen LogP contribution >= 0.6 is 11.6 Å². The molecular formula is C12H14ClN3O4. The number of hydrogen-bond donors (Lipinski definition) is 0. The first-order chi connectivity index (χ1) is 9.60. The highest BCUT2D eigenvalue weighted by molar-refractivity contribution is 6.30. The molecule has 1 aromatic heterocycles. The van der Waals surface area contributed by atoms with E-state index < -0.39 is 4.92 Å². The van der Waals surface area contributed by atoms with E-state index in [0.29, 0.717) is 38.7 Å². The van der Waals surface area contributed by atoms with E-state index in [1.54, 1.807) is 0 Å². The lowest BCUT2D eigenvalue weighted by Gasteiger charge is -2.39. The van der Waals surface area contributed by atoms with E-state index >= 15 is 0 Å². The molecule has 7 nitrogen and oxygen atoms in total. The summed E-state index contributed by atoms with van der Waals surface area (Å²) < 4.78 is 11.2. The number of anilines is 1. The van der Waals surface area contributed by atoms with Crippen LogP contribution in [-0.2, 0) is 9.47 Å². The summed E-state index contributed by atoms with van der Waals surface area (Å²) in [7, 11) is 0. The Kier molecular flexibility index (Phi) is 3.49. The summed E-state index contributed by atoms with van der Waals surface area (Å²) in [6.45, 7) is 2.79. The molecule has 2 fully saturated rings. The van der Waals surface area contributed by atoms with Crippen LogP contribution in [0.2, 0.25) is 5.02 Å². The van der Waals surface area contributed by atoms with Gasteiger partial charge in [0.15, 0.2) is 0 Å². The Labute approximate surface area is 120 Å². The molecule has 2 aliphatic rings. The monoisotopic (exact) mass is 299 g/mol. The Morgan fingerprint density at radius 1 is 1.50 bits per heavy atom. The van der Waals surface area contributed by atoms with E-state index in [9.17, 15) is 10.1 Å². The van der Waals surface area contributed by atoms with Crippen LogP contribution < -0.4 is 4.90 Å². The fourth-order valence-corrected chi connectivity index (χ4v) is 2.80. The number of nitrogens with zero attached hydrogens (tertiary/aromatic N) is 3. The van der Waals surface area contributed by atoms with Crippen molar-refractivity contribution in [2.75, 3.05) is 37.8 Å². The second kappa shape index (κ2) is 5.16. The lowest BCUT2D eigenvalue weighted by Crippen LogP contribution is -2.52. The minimum absolute atomic E-state index is 0.0755. The van der Waals surface area contributed by atoms with Crippen LogP contribution in [0, 0.1) is 10.1 Å². The molecule has 1 spiro atoms. The van der Waals surface area contributed by atoms with Gasteiger partial charge >= 0.3 is 5.69 Å². The Balaban J connectivity index is 1.90. The maximum absolute atomic E-state index is 11.2. The largest absolute Gasteiger partial charge is 0.378 e. The van der Waals surface area contributed by atoms with Crippen molar-refractivity contribution in [3.8, 4) is 0 Å². The number of hydrogen-bond acceptors (Lipinski definition) is 6. The summed E-state index contributed by atoms with van der Waals surface area (Å²) >= 11 is 5.79. The van der Waals surface area contributed by atoms with Gasteiger partial charge < -0.3 is 14.4 Å². The van der Waals surface area contributed by atoms with Crippen LogP contribution in [-0.4, -0.2) is 48.4 Å². The molecule has 3 rings (SSSR count). The fraction of sp³-hybridized carbons (Fsp3) is 0.583. The van der Waals surface area contributed by atoms with Crippen molar-refractivity contribution in [2.45, 2.75) is 12.0 Å². The van der Waals surface area contributed by atoms with E-state index in [4.69, 9.17) is 21.1 Å². The zero-order valence-corrected chi connectivity index (χ0v) is 11.5. The second-order valence-corrected chi connectivity index (χ2v) is 5.45. The number of rotatable bonds is 2. The lowest BCUT2D eigenvalue weighted by atomic mass is 10.0. The Morgan fingerprint density at radius 2 is 2.35 bits per heavy atom. The standard InChI is InChI=1S/C12H14ClN3O4/c13-9-5-10(16(17)18)11(14-6-9)15-2-4-20-12(7-15)1-3-19-8-12/h5-6H,1-4,7-8H2. The molecule has 20 heavy (non-hydrogen) atoms. The van der Waals surface area contributed by atoms with Crippen molar-refractivity contribution in [2.24, 2.45) is 0 Å². The van der Waals surface area contributed by atoms with E-state index in [-0.39, 0.29) is 16.3 Å². The first-order valence-electron chi connectivity index (χ1n) is 6.36. The third kappa shape index (κ3) is 2.44. The molecule has 1 atom stereocenters. The zero-order chi connectivity index (χ0) is 14.2. The number of nitro groups is 1. The van der Waals surface area contributed by atoms with Crippen molar-refractivity contribution in [3.05, 3.63) is 27.4 Å². The van der Waals surface area contributed by atoms with E-state index in [2.05, 4.69) is 4.98 Å². The molecule has 108 valence electrons. The molecule has 0 amide bonds. The van der Waals surface area contributed by atoms with E-state index in [1.165, 1.54) is 12.3 Å². The third-order valence-corrected chi connectivity index (χ3v) is 3.83. The summed E-state index contributed by atoms with van der Waals surface area (Å²) in [5, 5.41) is 11.4. The summed E-state index contributed by atoms with van der Waals surface area (Å²) in [6, 6.07) is 1.33. The normalized spacial score (nSPS) is 26.1. The SMILES string of the molecule is O=[N+]([O-])c1cc(Cl)cnc1N1CCOC2(CCOC2)C1. The highest BCUT2D eigenvalue weighted by Crippen LogP contribution is 2.34. The van der Waals surface area contributed by atoms with Gasteiger partial charge in [0.2, 0.25) is 5.82 Å². The topological polar surface area (TPSA) is 77.7 Å². The number of ether oxygens (including phenoxy) is 2. The molecule has 0 bridgehead atoms. The molecular weight excluding hydrogens is 286 g/mol. The molecule has 2 aliphatic heterocycles. The Bertz CT molecular complexity index is 533. The highest BCUT2D eigenvalue weighted by atomic mass is 35.5. The zero-order valence-electron chi connectivity index (χ0n) is 10.7. The number of pyridine rings is 1. The van der Waals surface area contributed by atoms with Gasteiger partial charge in [-0.1, -0.05) is 11.6 Å². The lowest BCUT2D eigenvalue weighted by molar-refractivity contribution is -0.384. The predicted octanol–water partition coefficient (Wildman–Crippen LogP) is 1.64. The number of aromatic nitrogens is 1. The first kappa shape index (κ1) is 13.5. The highest BCUT2D eigenvalue weighted by Gasteiger charge is 2.42. The van der Waals surface area contributed by atoms with Crippen molar-refractivity contribution < 1.29 is 14.4 Å². The van der Waals surface area contributed by atoms with Crippen molar-refractivity contribution in [1.82, 2.24) is 4.98 Å². The van der Waals surface area contributed by atoms with Gasteiger partial charge in [-0.2, -0.15) is 0 Å². The van der Waals surface area contributed by atoms with Gasteiger partial charge in [0.1, 0.15) is 5.60 Å². The Morgan fingerprint density at radius 3 is 3.05 bits per heavy atom. The summed E-state index contributed by atoms with van der Waals surface area (Å²) in [4.78, 5) is 16.7. The molecule has 3 heterocycles. The third-order valence-electron chi connectivity index (χ3n) is 3.63. The molecule has 0 aliphatic carbocycles. The fourth-order valence-electron chi connectivity index (χ4n) is 2.65. The summed E-state index contributed by atoms with van der Waals surface area (Å²) in [5.41, 5.74) is -0.443. The average Bonchev–Trinajstić information content (AvgIpc) is 2.86. The van der Waals surface area contributed by atoms with Crippen LogP contribution in [0.3, 0.4) is 0 Å². The van der Waals surface area contributed by atoms with E-state index in [1.807, 2.05) is 4.90 Å². The van der Waals surface area contributed by atoms with Gasteiger partial charge in [-0.25, -0.2) is 4.98 Å². The maximum Gasteiger partial charge on any atom is 0.313 e. The molecule has 0 radical (unpaired) electrons. The first-order valence-corrected chi connectivity index (χ1v) is 6.74. The van der Waals surface area contributed by atoms with Gasteiger partial charge in [0.05, 0.1) is 29.7 Å². The van der Waals surface area contributed by atoms with E-state index in [0.717, 1.165) is 6.42 Å². The van der Waals surface area contributed by atoms with Crippen LogP contribution in [0.25, 0.3) is 0 Å².